The van der Waals surface area contributed by atoms with E-state index in [0.29, 0.717) is 16.1 Å². The van der Waals surface area contributed by atoms with Crippen molar-refractivity contribution in [1.29, 1.82) is 0 Å². The number of nitrogens with zero attached hydrogens (tertiary/aromatic N) is 4. The molecule has 2 aromatic carbocycles. The third-order valence-corrected chi connectivity index (χ3v) is 3.92. The number of rotatable bonds is 3. The van der Waals surface area contributed by atoms with Crippen molar-refractivity contribution in [3.63, 3.8) is 0 Å². The van der Waals surface area contributed by atoms with Crippen LogP contribution in [-0.2, 0) is 4.79 Å². The number of non-ortho nitro benzene ring substituents is 1. The van der Waals surface area contributed by atoms with Crippen molar-refractivity contribution in [2.45, 2.75) is 0 Å². The maximum Gasteiger partial charge on any atom is 0.279 e. The number of likely N-dealkylation sites (N-methyl/N-ethyl adjacent to an activating group) is 1. The summed E-state index contributed by atoms with van der Waals surface area (Å²) in [5, 5.41) is 19.0. The molecule has 1 amide bonds. The van der Waals surface area contributed by atoms with E-state index in [0.717, 1.165) is 5.69 Å². The molecule has 0 saturated carbocycles. The van der Waals surface area contributed by atoms with Gasteiger partial charge in [-0.15, -0.1) is 5.10 Å². The van der Waals surface area contributed by atoms with Gasteiger partial charge in [-0.2, -0.15) is 5.10 Å². The van der Waals surface area contributed by atoms with Crippen molar-refractivity contribution < 1.29 is 9.72 Å². The first-order chi connectivity index (χ1) is 11.5. The van der Waals surface area contributed by atoms with E-state index in [9.17, 15) is 14.9 Å². The van der Waals surface area contributed by atoms with Gasteiger partial charge >= 0.3 is 0 Å². The Morgan fingerprint density at radius 1 is 1.25 bits per heavy atom. The number of benzene rings is 2. The fraction of sp³-hybridized carbons (Fsp3) is 0.0625. The maximum atomic E-state index is 12.2. The average molecular weight is 343 g/mol. The number of carbonyl (C=O) groups excluding carboxylic acids is 1. The number of nitro groups is 1. The van der Waals surface area contributed by atoms with Gasteiger partial charge in [0.15, 0.2) is 5.71 Å². The number of nitro benzene ring substituents is 1. The van der Waals surface area contributed by atoms with Crippen LogP contribution in [0.1, 0.15) is 11.1 Å². The molecule has 0 saturated heterocycles. The van der Waals surface area contributed by atoms with Gasteiger partial charge in [0.05, 0.1) is 16.8 Å². The lowest BCUT2D eigenvalue weighted by atomic mass is 10.1. The zero-order valence-corrected chi connectivity index (χ0v) is 13.3. The highest BCUT2D eigenvalue weighted by Gasteiger charge is 2.30. The van der Waals surface area contributed by atoms with Crippen LogP contribution in [0.5, 0.6) is 0 Å². The molecule has 0 aliphatic carbocycles. The summed E-state index contributed by atoms with van der Waals surface area (Å²) in [7, 11) is 1.66. The lowest BCUT2D eigenvalue weighted by Gasteiger charge is -2.07. The van der Waals surface area contributed by atoms with E-state index < -0.39 is 4.92 Å². The van der Waals surface area contributed by atoms with E-state index in [4.69, 9.17) is 11.6 Å². The molecular formula is C16H11ClN4O3. The molecule has 0 N–H and O–H groups in total. The summed E-state index contributed by atoms with van der Waals surface area (Å²) in [6.45, 7) is 0. The van der Waals surface area contributed by atoms with E-state index >= 15 is 0 Å². The fourth-order valence-electron chi connectivity index (χ4n) is 2.34. The zero-order valence-electron chi connectivity index (χ0n) is 12.5. The van der Waals surface area contributed by atoms with Gasteiger partial charge in [0.1, 0.15) is 0 Å². The molecule has 0 fully saturated rings. The Hall–Kier alpha value is -3.06. The molecular weight excluding hydrogens is 332 g/mol. The number of fused-ring (bicyclic) bond motifs is 1. The summed E-state index contributed by atoms with van der Waals surface area (Å²) < 4.78 is 0. The molecule has 2 aromatic rings. The molecule has 1 heterocycles. The minimum absolute atomic E-state index is 0.101. The maximum absolute atomic E-state index is 12.2. The number of para-hydroxylation sites is 1. The molecule has 7 nitrogen and oxygen atoms in total. The van der Waals surface area contributed by atoms with E-state index in [2.05, 4.69) is 10.2 Å². The monoisotopic (exact) mass is 342 g/mol. The van der Waals surface area contributed by atoms with Gasteiger partial charge in [0, 0.05) is 35.3 Å². The van der Waals surface area contributed by atoms with Gasteiger partial charge in [-0.05, 0) is 12.1 Å². The molecule has 8 heteroatoms. The molecule has 24 heavy (non-hydrogen) atoms. The largest absolute Gasteiger partial charge is 0.309 e. The third kappa shape index (κ3) is 2.77. The summed E-state index contributed by atoms with van der Waals surface area (Å²) >= 11 is 5.99. The van der Waals surface area contributed by atoms with Crippen LogP contribution in [-0.4, -0.2) is 29.8 Å². The minimum Gasteiger partial charge on any atom is -0.309 e. The van der Waals surface area contributed by atoms with E-state index in [1.54, 1.807) is 13.1 Å². The average Bonchev–Trinajstić information content (AvgIpc) is 2.81. The second-order valence-corrected chi connectivity index (χ2v) is 5.44. The molecule has 0 bridgehead atoms. The van der Waals surface area contributed by atoms with Gasteiger partial charge in [-0.25, -0.2) is 0 Å². The second-order valence-electron chi connectivity index (χ2n) is 5.04. The first-order valence-electron chi connectivity index (χ1n) is 6.91. The summed E-state index contributed by atoms with van der Waals surface area (Å²) in [6, 6.07) is 11.2. The van der Waals surface area contributed by atoms with Gasteiger partial charge in [0.25, 0.3) is 11.6 Å². The molecule has 0 unspecified atom stereocenters. The smallest absolute Gasteiger partial charge is 0.279 e. The van der Waals surface area contributed by atoms with Gasteiger partial charge in [-0.3, -0.25) is 14.9 Å². The minimum atomic E-state index is -0.523. The molecule has 0 radical (unpaired) electrons. The number of hydrogen-bond acceptors (Lipinski definition) is 5. The van der Waals surface area contributed by atoms with Crippen molar-refractivity contribution in [3.8, 4) is 0 Å². The van der Waals surface area contributed by atoms with Crippen molar-refractivity contribution >= 4 is 40.8 Å². The lowest BCUT2D eigenvalue weighted by molar-refractivity contribution is -0.384. The van der Waals surface area contributed by atoms with Crippen LogP contribution in [0.2, 0.25) is 5.02 Å². The Labute approximate surface area is 142 Å². The SMILES string of the molecule is CN1C(=O)/C(=N/N=C\c2cc([N+](=O)[O-])ccc2Cl)c2ccccc21. The fourth-order valence-corrected chi connectivity index (χ4v) is 2.51. The van der Waals surface area contributed by atoms with Gasteiger partial charge < -0.3 is 4.90 Å². The Kier molecular flexibility index (Phi) is 4.09. The standard InChI is InChI=1S/C16H11ClN4O3/c1-20-14-5-3-2-4-12(14)15(16(20)22)19-18-9-10-8-11(21(23)24)6-7-13(10)17/h2-9H,1H3/b18-9-,19-15+. The topological polar surface area (TPSA) is 88.2 Å². The normalized spacial score (nSPS) is 15.3. The number of anilines is 1. The Bertz CT molecular complexity index is 908. The van der Waals surface area contributed by atoms with Crippen LogP contribution in [0.15, 0.2) is 52.7 Å². The number of carbonyl (C=O) groups is 1. The molecule has 0 spiro atoms. The lowest BCUT2D eigenvalue weighted by Crippen LogP contribution is -2.25. The summed E-state index contributed by atoms with van der Waals surface area (Å²) in [6.07, 6.45) is 1.29. The zero-order chi connectivity index (χ0) is 17.3. The van der Waals surface area contributed by atoms with Crippen LogP contribution in [0.4, 0.5) is 11.4 Å². The molecule has 0 atom stereocenters. The quantitative estimate of drug-likeness (QED) is 0.488. The van der Waals surface area contributed by atoms with Crippen molar-refractivity contribution in [2.24, 2.45) is 10.2 Å². The highest BCUT2D eigenvalue weighted by atomic mass is 35.5. The van der Waals surface area contributed by atoms with Crippen molar-refractivity contribution in [3.05, 3.63) is 68.7 Å². The summed E-state index contributed by atoms with van der Waals surface area (Å²) in [5.41, 5.74) is 1.90. The molecule has 0 aromatic heterocycles. The summed E-state index contributed by atoms with van der Waals surface area (Å²) in [4.78, 5) is 24.0. The molecule has 1 aliphatic rings. The Morgan fingerprint density at radius 2 is 2.00 bits per heavy atom. The predicted molar refractivity (Wildman–Crippen MR) is 92.1 cm³/mol. The van der Waals surface area contributed by atoms with E-state index in [1.165, 1.54) is 29.3 Å². The first kappa shape index (κ1) is 15.8. The first-order valence-corrected chi connectivity index (χ1v) is 7.29. The van der Waals surface area contributed by atoms with Crippen LogP contribution in [0.3, 0.4) is 0 Å². The Morgan fingerprint density at radius 3 is 2.75 bits per heavy atom. The predicted octanol–water partition coefficient (Wildman–Crippen LogP) is 3.05. The highest BCUT2D eigenvalue weighted by molar-refractivity contribution is 6.54. The van der Waals surface area contributed by atoms with Gasteiger partial charge in [-0.1, -0.05) is 29.8 Å². The number of amides is 1. The van der Waals surface area contributed by atoms with Crippen LogP contribution < -0.4 is 4.90 Å². The second kappa shape index (κ2) is 6.21. The van der Waals surface area contributed by atoms with Crippen molar-refractivity contribution in [1.82, 2.24) is 0 Å². The molecule has 1 aliphatic heterocycles. The van der Waals surface area contributed by atoms with Crippen molar-refractivity contribution in [2.75, 3.05) is 11.9 Å². The van der Waals surface area contributed by atoms with Gasteiger partial charge in [0.2, 0.25) is 0 Å². The van der Waals surface area contributed by atoms with E-state index in [1.807, 2.05) is 18.2 Å². The van der Waals surface area contributed by atoms with Crippen LogP contribution in [0.25, 0.3) is 0 Å². The van der Waals surface area contributed by atoms with Crippen LogP contribution >= 0.6 is 11.6 Å². The highest BCUT2D eigenvalue weighted by Crippen LogP contribution is 2.27. The summed E-state index contributed by atoms with van der Waals surface area (Å²) in [5.74, 6) is -0.265. The number of hydrogen-bond donors (Lipinski definition) is 0. The molecule has 120 valence electrons. The van der Waals surface area contributed by atoms with Crippen LogP contribution in [0, 0.1) is 10.1 Å². The molecule has 3 rings (SSSR count). The number of halogens is 1. The Balaban J connectivity index is 1.94. The third-order valence-electron chi connectivity index (χ3n) is 3.57. The van der Waals surface area contributed by atoms with E-state index in [-0.39, 0.29) is 17.3 Å².